The van der Waals surface area contributed by atoms with Gasteiger partial charge < -0.3 is 10.6 Å². The Kier molecular flexibility index (Phi) is 8.67. The van der Waals surface area contributed by atoms with Crippen molar-refractivity contribution >= 4 is 18.3 Å². The Balaban J connectivity index is 0.00000225. The van der Waals surface area contributed by atoms with Crippen LogP contribution in [0.2, 0.25) is 0 Å². The highest BCUT2D eigenvalue weighted by Gasteiger charge is 2.16. The minimum Gasteiger partial charge on any atom is -0.356 e. The van der Waals surface area contributed by atoms with E-state index in [4.69, 9.17) is 0 Å². The molecule has 0 saturated heterocycles. The molecule has 1 unspecified atom stereocenters. The minimum absolute atomic E-state index is 0. The number of hydrogen-bond acceptors (Lipinski definition) is 2. The Morgan fingerprint density at radius 3 is 2.50 bits per heavy atom. The van der Waals surface area contributed by atoms with E-state index in [0.29, 0.717) is 0 Å². The van der Waals surface area contributed by atoms with Crippen molar-refractivity contribution in [3.8, 4) is 0 Å². The molecule has 0 aromatic carbocycles. The molecule has 3 nitrogen and oxygen atoms in total. The van der Waals surface area contributed by atoms with Gasteiger partial charge in [0.1, 0.15) is 0 Å². The lowest BCUT2D eigenvalue weighted by atomic mass is 9.89. The van der Waals surface area contributed by atoms with E-state index in [0.717, 1.165) is 19.0 Å². The van der Waals surface area contributed by atoms with Crippen LogP contribution in [0.5, 0.6) is 0 Å². The lowest BCUT2D eigenvalue weighted by molar-refractivity contribution is -0.124. The van der Waals surface area contributed by atoms with Gasteiger partial charge >= 0.3 is 0 Å². The Morgan fingerprint density at radius 1 is 1.31 bits per heavy atom. The third kappa shape index (κ3) is 5.71. The van der Waals surface area contributed by atoms with Gasteiger partial charge in [0.2, 0.25) is 5.91 Å². The molecule has 0 spiro atoms. The predicted octanol–water partition coefficient (Wildman–Crippen LogP) is 1.96. The van der Waals surface area contributed by atoms with E-state index >= 15 is 0 Å². The number of hydrogen-bond donors (Lipinski definition) is 2. The van der Waals surface area contributed by atoms with E-state index in [1.165, 1.54) is 32.1 Å². The average Bonchev–Trinajstić information content (AvgIpc) is 2.27. The SMILES string of the molecule is CNCC(C)C(=O)NCC1CCCCC1.Cl. The fourth-order valence-electron chi connectivity index (χ4n) is 2.21. The van der Waals surface area contributed by atoms with Gasteiger partial charge in [-0.05, 0) is 25.8 Å². The highest BCUT2D eigenvalue weighted by Crippen LogP contribution is 2.22. The molecule has 2 N–H and O–H groups in total. The molecule has 0 radical (unpaired) electrons. The summed E-state index contributed by atoms with van der Waals surface area (Å²) >= 11 is 0. The summed E-state index contributed by atoms with van der Waals surface area (Å²) in [4.78, 5) is 11.6. The van der Waals surface area contributed by atoms with E-state index < -0.39 is 0 Å². The lowest BCUT2D eigenvalue weighted by Gasteiger charge is -2.22. The number of nitrogens with one attached hydrogen (secondary N) is 2. The Hall–Kier alpha value is -0.280. The number of rotatable bonds is 5. The second-order valence-electron chi connectivity index (χ2n) is 4.71. The summed E-state index contributed by atoms with van der Waals surface area (Å²) in [5.74, 6) is 0.998. The van der Waals surface area contributed by atoms with Gasteiger partial charge in [0.15, 0.2) is 0 Å². The molecule has 0 aromatic heterocycles. The van der Waals surface area contributed by atoms with E-state index in [1.54, 1.807) is 0 Å². The van der Waals surface area contributed by atoms with Crippen molar-refractivity contribution in [3.63, 3.8) is 0 Å². The smallest absolute Gasteiger partial charge is 0.224 e. The van der Waals surface area contributed by atoms with E-state index in [-0.39, 0.29) is 24.2 Å². The summed E-state index contributed by atoms with van der Waals surface area (Å²) in [6.07, 6.45) is 6.64. The minimum atomic E-state index is 0. The molecular weight excluding hydrogens is 224 g/mol. The van der Waals surface area contributed by atoms with Crippen molar-refractivity contribution in [1.29, 1.82) is 0 Å². The molecule has 4 heteroatoms. The summed E-state index contributed by atoms with van der Waals surface area (Å²) in [6, 6.07) is 0. The molecule has 96 valence electrons. The maximum absolute atomic E-state index is 11.6. The van der Waals surface area contributed by atoms with Crippen molar-refractivity contribution in [3.05, 3.63) is 0 Å². The van der Waals surface area contributed by atoms with Crippen molar-refractivity contribution in [2.75, 3.05) is 20.1 Å². The second-order valence-corrected chi connectivity index (χ2v) is 4.71. The summed E-state index contributed by atoms with van der Waals surface area (Å²) in [5, 5.41) is 6.08. The van der Waals surface area contributed by atoms with Gasteiger partial charge in [-0.3, -0.25) is 4.79 Å². The van der Waals surface area contributed by atoms with Gasteiger partial charge in [-0.2, -0.15) is 0 Å². The topological polar surface area (TPSA) is 41.1 Å². The number of halogens is 1. The van der Waals surface area contributed by atoms with Crippen molar-refractivity contribution in [1.82, 2.24) is 10.6 Å². The molecular formula is C12H25ClN2O. The van der Waals surface area contributed by atoms with Crippen molar-refractivity contribution in [2.24, 2.45) is 11.8 Å². The first-order chi connectivity index (χ1) is 7.24. The van der Waals surface area contributed by atoms with Crippen LogP contribution in [-0.4, -0.2) is 26.0 Å². The summed E-state index contributed by atoms with van der Waals surface area (Å²) in [5.41, 5.74) is 0. The molecule has 16 heavy (non-hydrogen) atoms. The number of amides is 1. The fraction of sp³-hybridized carbons (Fsp3) is 0.917. The first-order valence-electron chi connectivity index (χ1n) is 6.16. The Labute approximate surface area is 105 Å². The standard InChI is InChI=1S/C12H24N2O.ClH/c1-10(8-13-2)12(15)14-9-11-6-4-3-5-7-11;/h10-11,13H,3-9H2,1-2H3,(H,14,15);1H. The van der Waals surface area contributed by atoms with Crippen molar-refractivity contribution < 1.29 is 4.79 Å². The number of carbonyl (C=O) groups excluding carboxylic acids is 1. The third-order valence-corrected chi connectivity index (χ3v) is 3.25. The van der Waals surface area contributed by atoms with Crippen LogP contribution in [0.1, 0.15) is 39.0 Å². The zero-order valence-corrected chi connectivity index (χ0v) is 11.2. The predicted molar refractivity (Wildman–Crippen MR) is 69.9 cm³/mol. The van der Waals surface area contributed by atoms with Crippen LogP contribution in [-0.2, 0) is 4.79 Å². The van der Waals surface area contributed by atoms with Crippen LogP contribution in [0, 0.1) is 11.8 Å². The van der Waals surface area contributed by atoms with Gasteiger partial charge in [-0.1, -0.05) is 26.2 Å². The maximum Gasteiger partial charge on any atom is 0.224 e. The quantitative estimate of drug-likeness (QED) is 0.781. The second kappa shape index (κ2) is 8.82. The van der Waals surface area contributed by atoms with Crippen molar-refractivity contribution in [2.45, 2.75) is 39.0 Å². The Morgan fingerprint density at radius 2 is 1.94 bits per heavy atom. The van der Waals surface area contributed by atoms with Gasteiger partial charge in [0, 0.05) is 19.0 Å². The maximum atomic E-state index is 11.6. The first-order valence-corrected chi connectivity index (χ1v) is 6.16. The monoisotopic (exact) mass is 248 g/mol. The van der Waals surface area contributed by atoms with Crippen LogP contribution in [0.4, 0.5) is 0 Å². The van der Waals surface area contributed by atoms with Gasteiger partial charge in [0.05, 0.1) is 0 Å². The average molecular weight is 249 g/mol. The molecule has 1 fully saturated rings. The normalized spacial score (nSPS) is 18.6. The van der Waals surface area contributed by atoms with Crippen LogP contribution in [0.15, 0.2) is 0 Å². The molecule has 0 aromatic rings. The first kappa shape index (κ1) is 15.7. The van der Waals surface area contributed by atoms with Crippen LogP contribution in [0.3, 0.4) is 0 Å². The van der Waals surface area contributed by atoms with Crippen LogP contribution >= 0.6 is 12.4 Å². The lowest BCUT2D eigenvalue weighted by Crippen LogP contribution is -2.37. The van der Waals surface area contributed by atoms with Gasteiger partial charge in [-0.15, -0.1) is 12.4 Å². The summed E-state index contributed by atoms with van der Waals surface area (Å²) in [7, 11) is 1.88. The van der Waals surface area contributed by atoms with Gasteiger partial charge in [-0.25, -0.2) is 0 Å². The van der Waals surface area contributed by atoms with Gasteiger partial charge in [0.25, 0.3) is 0 Å². The van der Waals surface area contributed by atoms with E-state index in [1.807, 2.05) is 14.0 Å². The summed E-state index contributed by atoms with van der Waals surface area (Å²) < 4.78 is 0. The molecule has 1 amide bonds. The molecule has 0 heterocycles. The zero-order chi connectivity index (χ0) is 11.1. The van der Waals surface area contributed by atoms with E-state index in [2.05, 4.69) is 10.6 Å². The molecule has 1 saturated carbocycles. The molecule has 1 rings (SSSR count). The molecule has 1 aliphatic rings. The molecule has 1 aliphatic carbocycles. The Bertz CT molecular complexity index is 193. The zero-order valence-electron chi connectivity index (χ0n) is 10.4. The molecule has 0 bridgehead atoms. The molecule has 1 atom stereocenters. The number of carbonyl (C=O) groups is 1. The van der Waals surface area contributed by atoms with Crippen LogP contribution in [0.25, 0.3) is 0 Å². The van der Waals surface area contributed by atoms with Crippen LogP contribution < -0.4 is 10.6 Å². The molecule has 0 aliphatic heterocycles. The van der Waals surface area contributed by atoms with E-state index in [9.17, 15) is 4.79 Å². The summed E-state index contributed by atoms with van der Waals surface area (Å²) in [6.45, 7) is 3.61. The largest absolute Gasteiger partial charge is 0.356 e. The fourth-order valence-corrected chi connectivity index (χ4v) is 2.21. The highest BCUT2D eigenvalue weighted by molar-refractivity contribution is 5.85. The third-order valence-electron chi connectivity index (χ3n) is 3.25. The highest BCUT2D eigenvalue weighted by atomic mass is 35.5.